The molecule has 0 atom stereocenters. The van der Waals surface area contributed by atoms with E-state index in [0.717, 1.165) is 6.07 Å². The maximum atomic E-state index is 12.0. The first-order chi connectivity index (χ1) is 9.88. The zero-order valence-corrected chi connectivity index (χ0v) is 15.0. The highest BCUT2D eigenvalue weighted by Crippen LogP contribution is 2.27. The predicted molar refractivity (Wildman–Crippen MR) is 88.0 cm³/mol. The molecule has 0 aromatic heterocycles. The highest BCUT2D eigenvalue weighted by atomic mass is 79.9. The number of hydrogen-bond acceptors (Lipinski definition) is 6. The van der Waals surface area contributed by atoms with Crippen LogP contribution in [0.2, 0.25) is 0 Å². The summed E-state index contributed by atoms with van der Waals surface area (Å²) in [7, 11) is -2.11. The van der Waals surface area contributed by atoms with E-state index in [4.69, 9.17) is 4.74 Å². The molecular formula is C11H17BrClN3O5S. The lowest BCUT2D eigenvalue weighted by Gasteiger charge is -2.08. The monoisotopic (exact) mass is 417 g/mol. The molecule has 0 aliphatic rings. The molecule has 8 nitrogen and oxygen atoms in total. The van der Waals surface area contributed by atoms with E-state index in [1.807, 2.05) is 0 Å². The summed E-state index contributed by atoms with van der Waals surface area (Å²) in [4.78, 5) is 10.1. The summed E-state index contributed by atoms with van der Waals surface area (Å²) in [5.74, 6) is 0. The van der Waals surface area contributed by atoms with Crippen LogP contribution in [0.3, 0.4) is 0 Å². The minimum atomic E-state index is -3.69. The van der Waals surface area contributed by atoms with Gasteiger partial charge in [0.2, 0.25) is 10.0 Å². The largest absolute Gasteiger partial charge is 0.383 e. The van der Waals surface area contributed by atoms with Crippen LogP contribution in [0.4, 0.5) is 5.69 Å². The molecule has 22 heavy (non-hydrogen) atoms. The van der Waals surface area contributed by atoms with Crippen molar-refractivity contribution in [2.75, 3.05) is 33.4 Å². The van der Waals surface area contributed by atoms with E-state index in [9.17, 15) is 18.5 Å². The number of nitrogens with zero attached hydrogens (tertiary/aromatic N) is 1. The lowest BCUT2D eigenvalue weighted by Crippen LogP contribution is -2.33. The topological polar surface area (TPSA) is 111 Å². The minimum Gasteiger partial charge on any atom is -0.383 e. The number of rotatable bonds is 9. The fourth-order valence-corrected chi connectivity index (χ4v) is 3.19. The molecule has 2 N–H and O–H groups in total. The first-order valence-corrected chi connectivity index (χ1v) is 8.29. The summed E-state index contributed by atoms with van der Waals surface area (Å²) in [6.45, 7) is 1.83. The second kappa shape index (κ2) is 10.1. The molecule has 1 aromatic rings. The maximum Gasteiger partial charge on any atom is 0.283 e. The fourth-order valence-electron chi connectivity index (χ4n) is 1.46. The normalized spacial score (nSPS) is 11.0. The molecule has 0 heterocycles. The Morgan fingerprint density at radius 3 is 2.55 bits per heavy atom. The molecule has 0 radical (unpaired) electrons. The first-order valence-electron chi connectivity index (χ1n) is 6.01. The summed E-state index contributed by atoms with van der Waals surface area (Å²) in [5.41, 5.74) is -0.185. The molecule has 0 spiro atoms. The number of hydrogen-bond donors (Lipinski definition) is 2. The van der Waals surface area contributed by atoms with Gasteiger partial charge >= 0.3 is 0 Å². The van der Waals surface area contributed by atoms with Gasteiger partial charge < -0.3 is 10.1 Å². The van der Waals surface area contributed by atoms with Gasteiger partial charge in [-0.1, -0.05) is 0 Å². The molecule has 0 saturated heterocycles. The van der Waals surface area contributed by atoms with Gasteiger partial charge in [0.25, 0.3) is 5.69 Å². The molecule has 126 valence electrons. The molecule has 0 aliphatic heterocycles. The van der Waals surface area contributed by atoms with Gasteiger partial charge in [0.05, 0.1) is 20.9 Å². The van der Waals surface area contributed by atoms with E-state index >= 15 is 0 Å². The smallest absolute Gasteiger partial charge is 0.283 e. The summed E-state index contributed by atoms with van der Waals surface area (Å²) in [6.07, 6.45) is 0. The van der Waals surface area contributed by atoms with Gasteiger partial charge in [0, 0.05) is 32.8 Å². The Morgan fingerprint density at radius 2 is 2.00 bits per heavy atom. The van der Waals surface area contributed by atoms with Crippen molar-refractivity contribution in [3.63, 3.8) is 0 Å². The van der Waals surface area contributed by atoms with Gasteiger partial charge in [-0.05, 0) is 28.1 Å². The Balaban J connectivity index is 0.00000441. The third-order valence-corrected chi connectivity index (χ3v) is 4.60. The lowest BCUT2D eigenvalue weighted by molar-refractivity contribution is -0.385. The SMILES string of the molecule is COCCNCCNS(=O)(=O)c1ccc([N+](=O)[O-])c(Br)c1.Cl. The van der Waals surface area contributed by atoms with Crippen LogP contribution >= 0.6 is 28.3 Å². The quantitative estimate of drug-likeness (QED) is 0.355. The van der Waals surface area contributed by atoms with Crippen LogP contribution in [-0.2, 0) is 14.8 Å². The van der Waals surface area contributed by atoms with Crippen LogP contribution in [0.15, 0.2) is 27.6 Å². The van der Waals surface area contributed by atoms with Gasteiger partial charge in [0.1, 0.15) is 0 Å². The van der Waals surface area contributed by atoms with Crippen LogP contribution < -0.4 is 10.0 Å². The molecule has 1 aromatic carbocycles. The summed E-state index contributed by atoms with van der Waals surface area (Å²) in [5, 5.41) is 13.7. The van der Waals surface area contributed by atoms with Crippen molar-refractivity contribution >= 4 is 44.0 Å². The molecular weight excluding hydrogens is 402 g/mol. The van der Waals surface area contributed by atoms with Gasteiger partial charge in [-0.25, -0.2) is 13.1 Å². The summed E-state index contributed by atoms with van der Waals surface area (Å²) < 4.78 is 31.4. The number of nitro benzene ring substituents is 1. The van der Waals surface area contributed by atoms with Crippen molar-refractivity contribution in [2.45, 2.75) is 4.90 Å². The zero-order chi connectivity index (χ0) is 15.9. The highest BCUT2D eigenvalue weighted by Gasteiger charge is 2.18. The van der Waals surface area contributed by atoms with Crippen LogP contribution in [0, 0.1) is 10.1 Å². The van der Waals surface area contributed by atoms with Crippen molar-refractivity contribution in [2.24, 2.45) is 0 Å². The van der Waals surface area contributed by atoms with Gasteiger partial charge in [0.15, 0.2) is 0 Å². The minimum absolute atomic E-state index is 0. The third-order valence-electron chi connectivity index (χ3n) is 2.50. The van der Waals surface area contributed by atoms with E-state index in [2.05, 4.69) is 26.0 Å². The number of nitrogens with one attached hydrogen (secondary N) is 2. The Hall–Kier alpha value is -0.780. The molecule has 0 bridgehead atoms. The zero-order valence-electron chi connectivity index (χ0n) is 11.7. The Labute approximate surface area is 143 Å². The Bertz CT molecular complexity index is 599. The van der Waals surface area contributed by atoms with Crippen molar-refractivity contribution in [3.8, 4) is 0 Å². The average Bonchev–Trinajstić information content (AvgIpc) is 2.42. The average molecular weight is 419 g/mol. The van der Waals surface area contributed by atoms with Crippen molar-refractivity contribution < 1.29 is 18.1 Å². The number of methoxy groups -OCH3 is 1. The van der Waals surface area contributed by atoms with Crippen LogP contribution in [0.25, 0.3) is 0 Å². The van der Waals surface area contributed by atoms with Crippen LogP contribution in [-0.4, -0.2) is 46.7 Å². The maximum absolute atomic E-state index is 12.0. The third kappa shape index (κ3) is 6.55. The van der Waals surface area contributed by atoms with Gasteiger partial charge in [-0.2, -0.15) is 0 Å². The molecule has 11 heteroatoms. The highest BCUT2D eigenvalue weighted by molar-refractivity contribution is 9.10. The fraction of sp³-hybridized carbons (Fsp3) is 0.455. The van der Waals surface area contributed by atoms with Crippen molar-refractivity contribution in [3.05, 3.63) is 32.8 Å². The molecule has 0 aliphatic carbocycles. The standard InChI is InChI=1S/C11H16BrN3O5S.ClH/c1-20-7-6-13-4-5-14-21(18,19)9-2-3-11(15(16)17)10(12)8-9;/h2-3,8,13-14H,4-7H2,1H3;1H. The molecule has 0 unspecified atom stereocenters. The van der Waals surface area contributed by atoms with E-state index in [-0.39, 0.29) is 34.0 Å². The summed E-state index contributed by atoms with van der Waals surface area (Å²) in [6, 6.07) is 3.55. The first kappa shape index (κ1) is 21.2. The number of nitro groups is 1. The second-order valence-electron chi connectivity index (χ2n) is 4.01. The molecule has 1 rings (SSSR count). The molecule has 0 fully saturated rings. The number of halogens is 2. The molecule has 0 saturated carbocycles. The van der Waals surface area contributed by atoms with Crippen molar-refractivity contribution in [1.82, 2.24) is 10.0 Å². The van der Waals surface area contributed by atoms with E-state index in [1.165, 1.54) is 12.1 Å². The number of benzene rings is 1. The van der Waals surface area contributed by atoms with E-state index in [1.54, 1.807) is 7.11 Å². The Kier molecular flexibility index (Phi) is 9.72. The number of sulfonamides is 1. The Morgan fingerprint density at radius 1 is 1.32 bits per heavy atom. The van der Waals surface area contributed by atoms with E-state index in [0.29, 0.717) is 19.7 Å². The summed E-state index contributed by atoms with van der Waals surface area (Å²) >= 11 is 2.99. The predicted octanol–water partition coefficient (Wildman–Crippen LogP) is 1.29. The van der Waals surface area contributed by atoms with Crippen LogP contribution in [0.1, 0.15) is 0 Å². The number of ether oxygens (including phenoxy) is 1. The second-order valence-corrected chi connectivity index (χ2v) is 6.63. The van der Waals surface area contributed by atoms with Crippen LogP contribution in [0.5, 0.6) is 0 Å². The molecule has 0 amide bonds. The van der Waals surface area contributed by atoms with Crippen molar-refractivity contribution in [1.29, 1.82) is 0 Å². The van der Waals surface area contributed by atoms with Gasteiger partial charge in [-0.3, -0.25) is 10.1 Å². The van der Waals surface area contributed by atoms with E-state index < -0.39 is 14.9 Å². The van der Waals surface area contributed by atoms with Gasteiger partial charge in [-0.15, -0.1) is 12.4 Å². The lowest BCUT2D eigenvalue weighted by atomic mass is 10.3.